The molecule has 0 N–H and O–H groups in total. The zero-order valence-corrected chi connectivity index (χ0v) is 12.7. The van der Waals surface area contributed by atoms with Crippen LogP contribution in [0.15, 0.2) is 24.3 Å². The van der Waals surface area contributed by atoms with Gasteiger partial charge in [0.15, 0.2) is 0 Å². The molecule has 0 radical (unpaired) electrons. The molecule has 0 saturated carbocycles. The van der Waals surface area contributed by atoms with Crippen LogP contribution in [0.1, 0.15) is 40.0 Å². The van der Waals surface area contributed by atoms with E-state index in [0.29, 0.717) is 23.8 Å². The zero-order chi connectivity index (χ0) is 14.7. The van der Waals surface area contributed by atoms with Gasteiger partial charge in [0.05, 0.1) is 17.2 Å². The Kier molecular flexibility index (Phi) is 4.60. The summed E-state index contributed by atoms with van der Waals surface area (Å²) in [5, 5.41) is 0. The summed E-state index contributed by atoms with van der Waals surface area (Å²) in [6.07, 6.45) is 3.87. The van der Waals surface area contributed by atoms with Crippen molar-refractivity contribution in [2.75, 3.05) is 24.7 Å². The Balaban J connectivity index is 1.48. The minimum Gasteiger partial charge on any atom is -0.377 e. The van der Waals surface area contributed by atoms with E-state index in [1.807, 2.05) is 0 Å². The van der Waals surface area contributed by atoms with Crippen LogP contribution in [0.2, 0.25) is 0 Å². The molecule has 2 aliphatic heterocycles. The molecule has 1 fully saturated rings. The van der Waals surface area contributed by atoms with Gasteiger partial charge in [0.1, 0.15) is 0 Å². The van der Waals surface area contributed by atoms with Gasteiger partial charge in [-0.2, -0.15) is 11.8 Å². The predicted octanol–water partition coefficient (Wildman–Crippen LogP) is 2.58. The first-order chi connectivity index (χ1) is 10.3. The van der Waals surface area contributed by atoms with E-state index in [2.05, 4.69) is 0 Å². The van der Waals surface area contributed by atoms with Gasteiger partial charge in [-0.1, -0.05) is 12.1 Å². The standard InChI is InChI=1S/C16H19NO3S/c18-15-13-6-1-2-7-14(13)16(19)17(15)8-10-21-11-12-5-3-4-9-20-12/h1-2,6-7,12H,3-5,8-11H2/t12-/m1/s1. The number of benzene rings is 1. The van der Waals surface area contributed by atoms with Gasteiger partial charge >= 0.3 is 0 Å². The van der Waals surface area contributed by atoms with E-state index in [-0.39, 0.29) is 11.8 Å². The third kappa shape index (κ3) is 3.14. The van der Waals surface area contributed by atoms with E-state index in [9.17, 15) is 9.59 Å². The maximum atomic E-state index is 12.2. The van der Waals surface area contributed by atoms with E-state index in [4.69, 9.17) is 4.74 Å². The van der Waals surface area contributed by atoms with E-state index in [1.165, 1.54) is 11.3 Å². The summed E-state index contributed by atoms with van der Waals surface area (Å²) in [5.41, 5.74) is 1.06. The highest BCUT2D eigenvalue weighted by molar-refractivity contribution is 7.99. The molecule has 0 aliphatic carbocycles. The maximum absolute atomic E-state index is 12.2. The number of hydrogen-bond donors (Lipinski definition) is 0. The Morgan fingerprint density at radius 1 is 1.14 bits per heavy atom. The molecule has 0 bridgehead atoms. The Morgan fingerprint density at radius 3 is 2.48 bits per heavy atom. The molecule has 1 saturated heterocycles. The van der Waals surface area contributed by atoms with E-state index >= 15 is 0 Å². The first-order valence-corrected chi connectivity index (χ1v) is 8.57. The Labute approximate surface area is 128 Å². The third-order valence-corrected chi connectivity index (χ3v) is 4.99. The zero-order valence-electron chi connectivity index (χ0n) is 11.9. The molecular weight excluding hydrogens is 286 g/mol. The molecule has 2 heterocycles. The van der Waals surface area contributed by atoms with Gasteiger partial charge in [-0.15, -0.1) is 0 Å². The van der Waals surface area contributed by atoms with Crippen LogP contribution in [0.4, 0.5) is 0 Å². The lowest BCUT2D eigenvalue weighted by molar-refractivity contribution is 0.0315. The monoisotopic (exact) mass is 305 g/mol. The number of nitrogens with zero attached hydrogens (tertiary/aromatic N) is 1. The number of amides is 2. The predicted molar refractivity (Wildman–Crippen MR) is 82.7 cm³/mol. The molecule has 0 unspecified atom stereocenters. The van der Waals surface area contributed by atoms with Crippen molar-refractivity contribution in [1.82, 2.24) is 4.90 Å². The molecule has 21 heavy (non-hydrogen) atoms. The average Bonchev–Trinajstić information content (AvgIpc) is 2.77. The van der Waals surface area contributed by atoms with Crippen molar-refractivity contribution in [3.63, 3.8) is 0 Å². The van der Waals surface area contributed by atoms with E-state index in [1.54, 1.807) is 36.0 Å². The largest absolute Gasteiger partial charge is 0.377 e. The van der Waals surface area contributed by atoms with Crippen LogP contribution in [0.25, 0.3) is 0 Å². The van der Waals surface area contributed by atoms with Gasteiger partial charge < -0.3 is 4.74 Å². The van der Waals surface area contributed by atoms with Crippen LogP contribution >= 0.6 is 11.8 Å². The third-order valence-electron chi connectivity index (χ3n) is 3.92. The maximum Gasteiger partial charge on any atom is 0.261 e. The molecule has 5 heteroatoms. The summed E-state index contributed by atoms with van der Waals surface area (Å²) in [5.74, 6) is 1.39. The minimum atomic E-state index is -0.162. The molecule has 2 amide bonds. The van der Waals surface area contributed by atoms with Gasteiger partial charge in [-0.3, -0.25) is 14.5 Å². The van der Waals surface area contributed by atoms with Crippen molar-refractivity contribution in [2.24, 2.45) is 0 Å². The first kappa shape index (κ1) is 14.6. The first-order valence-electron chi connectivity index (χ1n) is 7.42. The summed E-state index contributed by atoms with van der Waals surface area (Å²) >= 11 is 1.76. The van der Waals surface area contributed by atoms with Gasteiger partial charge in [0.2, 0.25) is 0 Å². The van der Waals surface area contributed by atoms with Crippen LogP contribution in [-0.2, 0) is 4.74 Å². The van der Waals surface area contributed by atoms with Gasteiger partial charge in [0, 0.05) is 24.7 Å². The average molecular weight is 305 g/mol. The quantitative estimate of drug-likeness (QED) is 0.619. The van der Waals surface area contributed by atoms with Crippen molar-refractivity contribution in [1.29, 1.82) is 0 Å². The molecular formula is C16H19NO3S. The van der Waals surface area contributed by atoms with Crippen molar-refractivity contribution in [3.8, 4) is 0 Å². The molecule has 2 aliphatic rings. The Morgan fingerprint density at radius 2 is 1.86 bits per heavy atom. The second-order valence-corrected chi connectivity index (χ2v) is 6.52. The van der Waals surface area contributed by atoms with Crippen molar-refractivity contribution in [2.45, 2.75) is 25.4 Å². The molecule has 1 atom stereocenters. The highest BCUT2D eigenvalue weighted by Crippen LogP contribution is 2.23. The summed E-state index contributed by atoms with van der Waals surface area (Å²) in [7, 11) is 0. The van der Waals surface area contributed by atoms with Crippen LogP contribution in [0, 0.1) is 0 Å². The highest BCUT2D eigenvalue weighted by atomic mass is 32.2. The normalized spacial score (nSPS) is 21.7. The number of rotatable bonds is 5. The van der Waals surface area contributed by atoms with E-state index in [0.717, 1.165) is 31.0 Å². The topological polar surface area (TPSA) is 46.6 Å². The van der Waals surface area contributed by atoms with Gasteiger partial charge in [0.25, 0.3) is 11.8 Å². The Bertz CT molecular complexity index is 505. The number of thioether (sulfide) groups is 1. The Hall–Kier alpha value is -1.33. The van der Waals surface area contributed by atoms with Crippen molar-refractivity contribution < 1.29 is 14.3 Å². The van der Waals surface area contributed by atoms with Crippen LogP contribution < -0.4 is 0 Å². The van der Waals surface area contributed by atoms with Crippen LogP contribution in [-0.4, -0.2) is 47.5 Å². The van der Waals surface area contributed by atoms with Crippen molar-refractivity contribution >= 4 is 23.6 Å². The number of carbonyl (C=O) groups excluding carboxylic acids is 2. The van der Waals surface area contributed by atoms with Crippen LogP contribution in [0.5, 0.6) is 0 Å². The molecule has 1 aromatic rings. The lowest BCUT2D eigenvalue weighted by atomic mass is 10.1. The fourth-order valence-electron chi connectivity index (χ4n) is 2.75. The lowest BCUT2D eigenvalue weighted by Crippen LogP contribution is -2.32. The molecule has 1 aromatic carbocycles. The highest BCUT2D eigenvalue weighted by Gasteiger charge is 2.34. The lowest BCUT2D eigenvalue weighted by Gasteiger charge is -2.22. The SMILES string of the molecule is O=C1c2ccccc2C(=O)N1CCSC[C@H]1CCCCO1. The fourth-order valence-corrected chi connectivity index (χ4v) is 3.76. The molecule has 4 nitrogen and oxygen atoms in total. The second-order valence-electron chi connectivity index (χ2n) is 5.37. The summed E-state index contributed by atoms with van der Waals surface area (Å²) in [4.78, 5) is 25.7. The summed E-state index contributed by atoms with van der Waals surface area (Å²) in [6.45, 7) is 1.34. The number of carbonyl (C=O) groups is 2. The second kappa shape index (κ2) is 6.62. The minimum absolute atomic E-state index is 0.162. The number of fused-ring (bicyclic) bond motifs is 1. The molecule has 3 rings (SSSR count). The smallest absolute Gasteiger partial charge is 0.261 e. The van der Waals surface area contributed by atoms with Gasteiger partial charge in [-0.05, 0) is 31.4 Å². The van der Waals surface area contributed by atoms with Gasteiger partial charge in [-0.25, -0.2) is 0 Å². The molecule has 0 spiro atoms. The fraction of sp³-hybridized carbons (Fsp3) is 0.500. The number of ether oxygens (including phenoxy) is 1. The molecule has 112 valence electrons. The van der Waals surface area contributed by atoms with Crippen molar-refractivity contribution in [3.05, 3.63) is 35.4 Å². The van der Waals surface area contributed by atoms with E-state index < -0.39 is 0 Å². The summed E-state index contributed by atoms with van der Waals surface area (Å²) < 4.78 is 5.67. The van der Waals surface area contributed by atoms with Crippen LogP contribution in [0.3, 0.4) is 0 Å². The number of hydrogen-bond acceptors (Lipinski definition) is 4. The summed E-state index contributed by atoms with van der Waals surface area (Å²) in [6, 6.07) is 7.03. The number of imide groups is 1. The molecule has 0 aromatic heterocycles.